The molecule has 1 atom stereocenters. The van der Waals surface area contributed by atoms with Gasteiger partial charge in [0, 0.05) is 12.2 Å². The fourth-order valence-corrected chi connectivity index (χ4v) is 2.25. The van der Waals surface area contributed by atoms with Crippen LogP contribution in [0.4, 0.5) is 11.4 Å². The summed E-state index contributed by atoms with van der Waals surface area (Å²) in [6.07, 6.45) is 2.12. The van der Waals surface area contributed by atoms with E-state index in [0.29, 0.717) is 16.6 Å². The van der Waals surface area contributed by atoms with Crippen molar-refractivity contribution in [1.29, 1.82) is 0 Å². The molecule has 3 N–H and O–H groups in total. The van der Waals surface area contributed by atoms with Crippen molar-refractivity contribution < 1.29 is 0 Å². The Morgan fingerprint density at radius 3 is 2.87 bits per heavy atom. The third kappa shape index (κ3) is 4.22. The number of thioether (sulfide) groups is 1. The maximum absolute atomic E-state index is 6.04. The quantitative estimate of drug-likeness (QED) is 0.781. The first-order valence-electron chi connectivity index (χ1n) is 4.91. The third-order valence-electron chi connectivity index (χ3n) is 2.09. The van der Waals surface area contributed by atoms with Crippen molar-refractivity contribution in [3.05, 3.63) is 23.2 Å². The van der Waals surface area contributed by atoms with Crippen LogP contribution in [0.1, 0.15) is 6.92 Å². The Bertz CT molecular complexity index is 317. The van der Waals surface area contributed by atoms with E-state index in [1.54, 1.807) is 6.07 Å². The minimum Gasteiger partial charge on any atom is -0.399 e. The van der Waals surface area contributed by atoms with Gasteiger partial charge in [-0.05, 0) is 36.1 Å². The van der Waals surface area contributed by atoms with Crippen LogP contribution in [0.15, 0.2) is 18.2 Å². The smallest absolute Gasteiger partial charge is 0.0657 e. The molecule has 0 aliphatic rings. The summed E-state index contributed by atoms with van der Waals surface area (Å²) in [6.45, 7) is 3.15. The molecule has 0 radical (unpaired) electrons. The van der Waals surface area contributed by atoms with Crippen LogP contribution < -0.4 is 11.1 Å². The predicted molar refractivity (Wildman–Crippen MR) is 71.9 cm³/mol. The average Bonchev–Trinajstić information content (AvgIpc) is 2.17. The summed E-state index contributed by atoms with van der Waals surface area (Å²) in [6, 6.07) is 5.54. The van der Waals surface area contributed by atoms with E-state index in [1.165, 1.54) is 0 Å². The zero-order chi connectivity index (χ0) is 11.3. The van der Waals surface area contributed by atoms with E-state index in [4.69, 9.17) is 17.3 Å². The van der Waals surface area contributed by atoms with Crippen molar-refractivity contribution in [1.82, 2.24) is 0 Å². The lowest BCUT2D eigenvalue weighted by Crippen LogP contribution is -2.13. The molecule has 1 aromatic carbocycles. The fourth-order valence-electron chi connectivity index (χ4n) is 1.30. The highest BCUT2D eigenvalue weighted by Gasteiger charge is 2.03. The number of rotatable bonds is 5. The molecule has 0 saturated carbocycles. The minimum atomic E-state index is 0.633. The number of hydrogen-bond acceptors (Lipinski definition) is 3. The molecular weight excluding hydrogens is 228 g/mol. The van der Waals surface area contributed by atoms with Crippen molar-refractivity contribution >= 4 is 34.7 Å². The first-order valence-corrected chi connectivity index (χ1v) is 6.68. The van der Waals surface area contributed by atoms with Crippen LogP contribution in [-0.2, 0) is 0 Å². The van der Waals surface area contributed by atoms with Crippen LogP contribution in [0.2, 0.25) is 5.02 Å². The molecular formula is C11H17ClN2S. The van der Waals surface area contributed by atoms with Crippen LogP contribution in [-0.4, -0.2) is 18.6 Å². The van der Waals surface area contributed by atoms with Gasteiger partial charge in [-0.2, -0.15) is 11.8 Å². The molecule has 1 unspecified atom stereocenters. The van der Waals surface area contributed by atoms with Gasteiger partial charge < -0.3 is 11.1 Å². The summed E-state index contributed by atoms with van der Waals surface area (Å²) in [4.78, 5) is 0. The van der Waals surface area contributed by atoms with E-state index in [-0.39, 0.29) is 0 Å². The lowest BCUT2D eigenvalue weighted by atomic mass is 10.2. The Morgan fingerprint density at radius 1 is 1.53 bits per heavy atom. The van der Waals surface area contributed by atoms with Gasteiger partial charge in [0.15, 0.2) is 0 Å². The van der Waals surface area contributed by atoms with Crippen LogP contribution in [0.5, 0.6) is 0 Å². The number of halogens is 1. The summed E-state index contributed by atoms with van der Waals surface area (Å²) >= 11 is 7.90. The van der Waals surface area contributed by atoms with Gasteiger partial charge in [0.05, 0.1) is 10.7 Å². The largest absolute Gasteiger partial charge is 0.399 e. The number of benzene rings is 1. The van der Waals surface area contributed by atoms with Gasteiger partial charge in [0.2, 0.25) is 0 Å². The standard InChI is InChI=1S/C11H17ClN2S/c1-8(7-15-2)6-14-11-4-3-9(13)5-10(11)12/h3-5,8,14H,6-7,13H2,1-2H3. The molecule has 0 aromatic heterocycles. The fraction of sp³-hybridized carbons (Fsp3) is 0.455. The Labute approximate surface area is 101 Å². The summed E-state index contributed by atoms with van der Waals surface area (Å²) in [7, 11) is 0. The first kappa shape index (κ1) is 12.5. The molecule has 0 heterocycles. The lowest BCUT2D eigenvalue weighted by molar-refractivity contribution is 0.702. The summed E-state index contributed by atoms with van der Waals surface area (Å²) < 4.78 is 0. The number of nitrogen functional groups attached to an aromatic ring is 1. The van der Waals surface area contributed by atoms with E-state index in [0.717, 1.165) is 18.0 Å². The van der Waals surface area contributed by atoms with Crippen molar-refractivity contribution in [2.45, 2.75) is 6.92 Å². The summed E-state index contributed by atoms with van der Waals surface area (Å²) in [5, 5.41) is 4.01. The van der Waals surface area contributed by atoms with Gasteiger partial charge in [0.25, 0.3) is 0 Å². The highest BCUT2D eigenvalue weighted by Crippen LogP contribution is 2.24. The molecule has 15 heavy (non-hydrogen) atoms. The van der Waals surface area contributed by atoms with Gasteiger partial charge >= 0.3 is 0 Å². The van der Waals surface area contributed by atoms with E-state index < -0.39 is 0 Å². The third-order valence-corrected chi connectivity index (χ3v) is 3.30. The Morgan fingerprint density at radius 2 is 2.27 bits per heavy atom. The average molecular weight is 245 g/mol. The SMILES string of the molecule is CSCC(C)CNc1ccc(N)cc1Cl. The molecule has 0 bridgehead atoms. The lowest BCUT2D eigenvalue weighted by Gasteiger charge is -2.13. The highest BCUT2D eigenvalue weighted by atomic mass is 35.5. The molecule has 0 aliphatic heterocycles. The van der Waals surface area contributed by atoms with E-state index in [1.807, 2.05) is 23.9 Å². The molecule has 0 saturated heterocycles. The molecule has 0 aliphatic carbocycles. The molecule has 2 nitrogen and oxygen atoms in total. The van der Waals surface area contributed by atoms with E-state index in [9.17, 15) is 0 Å². The predicted octanol–water partition coefficient (Wildman–Crippen LogP) is 3.33. The molecule has 4 heteroatoms. The van der Waals surface area contributed by atoms with Crippen molar-refractivity contribution in [3.8, 4) is 0 Å². The maximum atomic E-state index is 6.04. The molecule has 84 valence electrons. The number of nitrogens with two attached hydrogens (primary N) is 1. The molecule has 1 rings (SSSR count). The van der Waals surface area contributed by atoms with Crippen LogP contribution in [0, 0.1) is 5.92 Å². The van der Waals surface area contributed by atoms with Crippen LogP contribution in [0.3, 0.4) is 0 Å². The van der Waals surface area contributed by atoms with Gasteiger partial charge in [-0.15, -0.1) is 0 Å². The van der Waals surface area contributed by atoms with Gasteiger partial charge in [0.1, 0.15) is 0 Å². The second kappa shape index (κ2) is 6.13. The van der Waals surface area contributed by atoms with Crippen molar-refractivity contribution in [2.24, 2.45) is 5.92 Å². The maximum Gasteiger partial charge on any atom is 0.0657 e. The van der Waals surface area contributed by atoms with Gasteiger partial charge in [-0.3, -0.25) is 0 Å². The second-order valence-electron chi connectivity index (χ2n) is 3.68. The number of anilines is 2. The summed E-state index contributed by atoms with van der Waals surface area (Å²) in [5.41, 5.74) is 7.27. The van der Waals surface area contributed by atoms with Gasteiger partial charge in [-0.25, -0.2) is 0 Å². The minimum absolute atomic E-state index is 0.633. The number of nitrogens with one attached hydrogen (secondary N) is 1. The Hall–Kier alpha value is -0.540. The Balaban J connectivity index is 2.50. The van der Waals surface area contributed by atoms with Crippen molar-refractivity contribution in [3.63, 3.8) is 0 Å². The molecule has 0 spiro atoms. The van der Waals surface area contributed by atoms with Crippen LogP contribution >= 0.6 is 23.4 Å². The zero-order valence-electron chi connectivity index (χ0n) is 9.09. The first-order chi connectivity index (χ1) is 7.13. The zero-order valence-corrected chi connectivity index (χ0v) is 10.7. The molecule has 1 aromatic rings. The highest BCUT2D eigenvalue weighted by molar-refractivity contribution is 7.98. The van der Waals surface area contributed by atoms with Gasteiger partial charge in [-0.1, -0.05) is 18.5 Å². The Kier molecular flexibility index (Phi) is 5.12. The monoisotopic (exact) mass is 244 g/mol. The van der Waals surface area contributed by atoms with Crippen LogP contribution in [0.25, 0.3) is 0 Å². The van der Waals surface area contributed by atoms with E-state index in [2.05, 4.69) is 18.5 Å². The topological polar surface area (TPSA) is 38.0 Å². The summed E-state index contributed by atoms with van der Waals surface area (Å²) in [5.74, 6) is 1.79. The molecule has 0 amide bonds. The van der Waals surface area contributed by atoms with Crippen molar-refractivity contribution in [2.75, 3.05) is 29.6 Å². The number of hydrogen-bond donors (Lipinski definition) is 2. The molecule has 0 fully saturated rings. The van der Waals surface area contributed by atoms with E-state index >= 15 is 0 Å². The second-order valence-corrected chi connectivity index (χ2v) is 5.00. The normalized spacial score (nSPS) is 12.5.